The maximum Gasteiger partial charge on any atom is 0.417 e. The van der Waals surface area contributed by atoms with Gasteiger partial charge in [-0.25, -0.2) is 15.0 Å². The summed E-state index contributed by atoms with van der Waals surface area (Å²) in [5, 5.41) is 2.73. The predicted molar refractivity (Wildman–Crippen MR) is 103 cm³/mol. The number of alkyl halides is 3. The highest BCUT2D eigenvalue weighted by Crippen LogP contribution is 2.31. The molecule has 154 valence electrons. The molecule has 0 saturated carbocycles. The number of aromatic amines is 1. The Labute approximate surface area is 168 Å². The van der Waals surface area contributed by atoms with E-state index in [9.17, 15) is 18.0 Å². The fourth-order valence-corrected chi connectivity index (χ4v) is 3.07. The van der Waals surface area contributed by atoms with Crippen molar-refractivity contribution in [2.75, 3.05) is 5.32 Å². The van der Waals surface area contributed by atoms with Crippen LogP contribution in [0, 0.1) is 20.8 Å². The van der Waals surface area contributed by atoms with Crippen LogP contribution in [0.5, 0.6) is 0 Å². The molecule has 2 N–H and O–H groups in total. The standard InChI is InChI=1S/C20H16F3N5O2/c1-9-4-5-13(26-19(29)16-10(2)25-11(3)30-16)7-14(9)17-27-15-6-12(20(21,22)23)8-24-18(15)28-17/h4-8H,1-3H3,(H,26,29)(H,24,27,28). The maximum atomic E-state index is 12.9. The number of fused-ring (bicyclic) bond motifs is 1. The van der Waals surface area contributed by atoms with Crippen molar-refractivity contribution in [3.8, 4) is 11.4 Å². The van der Waals surface area contributed by atoms with Gasteiger partial charge in [-0.15, -0.1) is 0 Å². The first-order chi connectivity index (χ1) is 14.1. The van der Waals surface area contributed by atoms with Crippen LogP contribution in [-0.4, -0.2) is 25.8 Å². The van der Waals surface area contributed by atoms with Crippen molar-refractivity contribution in [3.63, 3.8) is 0 Å². The lowest BCUT2D eigenvalue weighted by Gasteiger charge is -2.08. The van der Waals surface area contributed by atoms with E-state index in [0.29, 0.717) is 28.7 Å². The first-order valence-electron chi connectivity index (χ1n) is 8.91. The number of H-pyrrole nitrogens is 1. The molecular weight excluding hydrogens is 399 g/mol. The molecule has 0 spiro atoms. The zero-order valence-electron chi connectivity index (χ0n) is 16.2. The van der Waals surface area contributed by atoms with Gasteiger partial charge in [-0.3, -0.25) is 4.79 Å². The van der Waals surface area contributed by atoms with Gasteiger partial charge < -0.3 is 14.7 Å². The summed E-state index contributed by atoms with van der Waals surface area (Å²) >= 11 is 0. The van der Waals surface area contributed by atoms with Crippen molar-refractivity contribution in [2.24, 2.45) is 0 Å². The number of nitrogens with one attached hydrogen (secondary N) is 2. The topological polar surface area (TPSA) is 96.7 Å². The number of amides is 1. The van der Waals surface area contributed by atoms with E-state index in [1.165, 1.54) is 0 Å². The van der Waals surface area contributed by atoms with Crippen LogP contribution in [0.3, 0.4) is 0 Å². The number of carbonyl (C=O) groups is 1. The van der Waals surface area contributed by atoms with E-state index in [1.54, 1.807) is 32.0 Å². The van der Waals surface area contributed by atoms with E-state index >= 15 is 0 Å². The molecule has 0 aliphatic rings. The number of imidazole rings is 1. The minimum absolute atomic E-state index is 0.113. The molecule has 3 aromatic heterocycles. The van der Waals surface area contributed by atoms with Crippen molar-refractivity contribution in [3.05, 3.63) is 58.9 Å². The number of nitrogens with zero attached hydrogens (tertiary/aromatic N) is 3. The average molecular weight is 415 g/mol. The second-order valence-corrected chi connectivity index (χ2v) is 6.81. The SMILES string of the molecule is Cc1nc(C)c(C(=O)Nc2ccc(C)c(-c3nc4ncc(C(F)(F)F)cc4[nH]3)c2)o1. The third kappa shape index (κ3) is 3.63. The molecule has 0 unspecified atom stereocenters. The quantitative estimate of drug-likeness (QED) is 0.501. The molecule has 0 atom stereocenters. The van der Waals surface area contributed by atoms with Crippen LogP contribution in [0.2, 0.25) is 0 Å². The number of aromatic nitrogens is 4. The summed E-state index contributed by atoms with van der Waals surface area (Å²) < 4.78 is 44.1. The molecule has 1 amide bonds. The van der Waals surface area contributed by atoms with E-state index in [0.717, 1.165) is 17.8 Å². The average Bonchev–Trinajstić information content (AvgIpc) is 3.24. The zero-order valence-corrected chi connectivity index (χ0v) is 16.2. The Bertz CT molecular complexity index is 1270. The minimum atomic E-state index is -4.50. The molecular formula is C20H16F3N5O2. The molecule has 10 heteroatoms. The summed E-state index contributed by atoms with van der Waals surface area (Å²) in [6.07, 6.45) is -3.75. The van der Waals surface area contributed by atoms with Gasteiger partial charge in [-0.2, -0.15) is 13.2 Å². The number of oxazole rings is 1. The van der Waals surface area contributed by atoms with Crippen LogP contribution in [0.15, 0.2) is 34.9 Å². The molecule has 0 bridgehead atoms. The lowest BCUT2D eigenvalue weighted by atomic mass is 10.1. The van der Waals surface area contributed by atoms with Gasteiger partial charge in [-0.05, 0) is 37.6 Å². The van der Waals surface area contributed by atoms with Crippen LogP contribution < -0.4 is 5.32 Å². The van der Waals surface area contributed by atoms with Gasteiger partial charge in [0.25, 0.3) is 5.91 Å². The molecule has 0 fully saturated rings. The highest BCUT2D eigenvalue weighted by molar-refractivity contribution is 6.03. The molecule has 0 aliphatic carbocycles. The Morgan fingerprint density at radius 2 is 1.90 bits per heavy atom. The van der Waals surface area contributed by atoms with E-state index in [2.05, 4.69) is 25.3 Å². The minimum Gasteiger partial charge on any atom is -0.436 e. The number of halogens is 3. The van der Waals surface area contributed by atoms with Crippen molar-refractivity contribution >= 4 is 22.8 Å². The Kier molecular flexibility index (Phi) is 4.56. The molecule has 1 aromatic carbocycles. The molecule has 3 heterocycles. The number of pyridine rings is 1. The van der Waals surface area contributed by atoms with Gasteiger partial charge in [0.2, 0.25) is 5.76 Å². The van der Waals surface area contributed by atoms with Gasteiger partial charge >= 0.3 is 6.18 Å². The van der Waals surface area contributed by atoms with Crippen molar-refractivity contribution in [1.82, 2.24) is 19.9 Å². The highest BCUT2D eigenvalue weighted by Gasteiger charge is 2.31. The molecule has 4 rings (SSSR count). The van der Waals surface area contributed by atoms with Crippen molar-refractivity contribution in [1.29, 1.82) is 0 Å². The summed E-state index contributed by atoms with van der Waals surface area (Å²) in [7, 11) is 0. The van der Waals surface area contributed by atoms with Gasteiger partial charge in [-0.1, -0.05) is 6.07 Å². The molecule has 30 heavy (non-hydrogen) atoms. The number of anilines is 1. The number of hydrogen-bond acceptors (Lipinski definition) is 5. The molecule has 4 aromatic rings. The predicted octanol–water partition coefficient (Wildman–Crippen LogP) is 4.81. The first-order valence-corrected chi connectivity index (χ1v) is 8.91. The number of benzene rings is 1. The smallest absolute Gasteiger partial charge is 0.417 e. The fourth-order valence-electron chi connectivity index (χ4n) is 3.07. The Morgan fingerprint density at radius 3 is 2.57 bits per heavy atom. The van der Waals surface area contributed by atoms with Crippen LogP contribution in [0.25, 0.3) is 22.6 Å². The zero-order chi connectivity index (χ0) is 21.6. The van der Waals surface area contributed by atoms with Crippen molar-refractivity contribution in [2.45, 2.75) is 26.9 Å². The number of carbonyl (C=O) groups excluding carboxylic acids is 1. The summed E-state index contributed by atoms with van der Waals surface area (Å²) in [6.45, 7) is 5.14. The lowest BCUT2D eigenvalue weighted by molar-refractivity contribution is -0.137. The van der Waals surface area contributed by atoms with E-state index in [4.69, 9.17) is 4.42 Å². The molecule has 0 radical (unpaired) electrons. The largest absolute Gasteiger partial charge is 0.436 e. The lowest BCUT2D eigenvalue weighted by Crippen LogP contribution is -2.12. The van der Waals surface area contributed by atoms with Crippen molar-refractivity contribution < 1.29 is 22.4 Å². The molecule has 0 saturated heterocycles. The van der Waals surface area contributed by atoms with Gasteiger partial charge in [0.05, 0.1) is 16.8 Å². The van der Waals surface area contributed by atoms with Gasteiger partial charge in [0.15, 0.2) is 11.5 Å². The third-order valence-electron chi connectivity index (χ3n) is 4.53. The Hall–Kier alpha value is -3.69. The monoisotopic (exact) mass is 415 g/mol. The number of hydrogen-bond donors (Lipinski definition) is 2. The Balaban J connectivity index is 1.68. The van der Waals surface area contributed by atoms with E-state index < -0.39 is 17.6 Å². The maximum absolute atomic E-state index is 12.9. The fraction of sp³-hybridized carbons (Fsp3) is 0.200. The number of rotatable bonds is 3. The second kappa shape index (κ2) is 6.97. The summed E-state index contributed by atoms with van der Waals surface area (Å²) in [5.74, 6) is 0.388. The highest BCUT2D eigenvalue weighted by atomic mass is 19.4. The number of aryl methyl sites for hydroxylation is 3. The van der Waals surface area contributed by atoms with Crippen LogP contribution in [0.4, 0.5) is 18.9 Å². The van der Waals surface area contributed by atoms with Crippen LogP contribution in [-0.2, 0) is 6.18 Å². The third-order valence-corrected chi connectivity index (χ3v) is 4.53. The summed E-state index contributed by atoms with van der Waals surface area (Å²) in [6, 6.07) is 6.12. The van der Waals surface area contributed by atoms with E-state index in [-0.39, 0.29) is 16.9 Å². The van der Waals surface area contributed by atoms with Gasteiger partial charge in [0, 0.05) is 24.4 Å². The Morgan fingerprint density at radius 1 is 1.13 bits per heavy atom. The van der Waals surface area contributed by atoms with E-state index in [1.807, 2.05) is 6.92 Å². The van der Waals surface area contributed by atoms with Crippen LogP contribution >= 0.6 is 0 Å². The molecule has 0 aliphatic heterocycles. The van der Waals surface area contributed by atoms with Crippen LogP contribution in [0.1, 0.15) is 33.3 Å². The normalized spacial score (nSPS) is 11.8. The summed E-state index contributed by atoms with van der Waals surface area (Å²) in [4.78, 5) is 27.5. The second-order valence-electron chi connectivity index (χ2n) is 6.81. The van der Waals surface area contributed by atoms with Gasteiger partial charge in [0.1, 0.15) is 5.82 Å². The summed E-state index contributed by atoms with van der Waals surface area (Å²) in [5.41, 5.74) is 1.85. The first kappa shape index (κ1) is 19.6. The molecule has 7 nitrogen and oxygen atoms in total.